The van der Waals surface area contributed by atoms with Crippen molar-refractivity contribution in [3.63, 3.8) is 0 Å². The van der Waals surface area contributed by atoms with Gasteiger partial charge in [0.05, 0.1) is 6.21 Å². The summed E-state index contributed by atoms with van der Waals surface area (Å²) in [6.45, 7) is 4.42. The summed E-state index contributed by atoms with van der Waals surface area (Å²) in [7, 11) is 0. The Morgan fingerprint density at radius 1 is 1.10 bits per heavy atom. The monoisotopic (exact) mass is 397 g/mol. The number of carboxylic acids is 1. The zero-order chi connectivity index (χ0) is 21.2. The van der Waals surface area contributed by atoms with Crippen molar-refractivity contribution >= 4 is 24.0 Å². The molecule has 0 spiro atoms. The summed E-state index contributed by atoms with van der Waals surface area (Å²) >= 11 is 0. The lowest BCUT2D eigenvalue weighted by Gasteiger charge is -2.10. The summed E-state index contributed by atoms with van der Waals surface area (Å²) in [6.07, 6.45) is 1.25. The molecule has 0 unspecified atom stereocenters. The number of hydrazone groups is 1. The van der Waals surface area contributed by atoms with E-state index in [1.54, 1.807) is 6.07 Å². The number of nitrogens with zero attached hydrogens (tertiary/aromatic N) is 1. The highest BCUT2D eigenvalue weighted by molar-refractivity contribution is 6.35. The van der Waals surface area contributed by atoms with Gasteiger partial charge in [-0.25, -0.2) is 10.2 Å². The number of rotatable bonds is 8. The molecule has 2 rings (SSSR count). The van der Waals surface area contributed by atoms with E-state index in [-0.39, 0.29) is 23.8 Å². The molecule has 0 saturated carbocycles. The normalized spacial score (nSPS) is 10.7. The van der Waals surface area contributed by atoms with E-state index in [1.807, 2.05) is 44.2 Å². The molecule has 152 valence electrons. The third kappa shape index (κ3) is 7.10. The van der Waals surface area contributed by atoms with Gasteiger partial charge in [-0.15, -0.1) is 0 Å². The molecule has 0 bridgehead atoms. The summed E-state index contributed by atoms with van der Waals surface area (Å²) in [4.78, 5) is 34.8. The fourth-order valence-electron chi connectivity index (χ4n) is 2.25. The van der Waals surface area contributed by atoms with E-state index in [0.29, 0.717) is 12.1 Å². The molecule has 8 nitrogen and oxygen atoms in total. The maximum absolute atomic E-state index is 11.6. The Hall–Kier alpha value is -3.68. The highest BCUT2D eigenvalue weighted by atomic mass is 16.5. The van der Waals surface area contributed by atoms with Crippen molar-refractivity contribution < 1.29 is 24.2 Å². The molecule has 2 aromatic rings. The van der Waals surface area contributed by atoms with Crippen molar-refractivity contribution in [3.8, 4) is 5.75 Å². The number of carbonyl (C=O) groups is 3. The molecule has 0 aliphatic carbocycles. The second kappa shape index (κ2) is 10.6. The summed E-state index contributed by atoms with van der Waals surface area (Å²) in [5.74, 6) is -2.40. The molecule has 3 N–H and O–H groups in total. The first-order valence-corrected chi connectivity index (χ1v) is 9.02. The van der Waals surface area contributed by atoms with Crippen LogP contribution in [0.25, 0.3) is 0 Å². The molecule has 0 aliphatic heterocycles. The van der Waals surface area contributed by atoms with Gasteiger partial charge in [-0.1, -0.05) is 44.2 Å². The maximum Gasteiger partial charge on any atom is 0.339 e. The van der Waals surface area contributed by atoms with Gasteiger partial charge in [0.25, 0.3) is 0 Å². The van der Waals surface area contributed by atoms with Crippen LogP contribution in [-0.4, -0.2) is 35.6 Å². The molecule has 29 heavy (non-hydrogen) atoms. The lowest BCUT2D eigenvalue weighted by atomic mass is 10.1. The fraction of sp³-hybridized carbons (Fsp3) is 0.238. The number of hydrogen-bond donors (Lipinski definition) is 3. The third-order valence-electron chi connectivity index (χ3n) is 3.73. The molecular weight excluding hydrogens is 374 g/mol. The van der Waals surface area contributed by atoms with Gasteiger partial charge < -0.3 is 15.2 Å². The van der Waals surface area contributed by atoms with E-state index in [0.717, 1.165) is 5.56 Å². The zero-order valence-corrected chi connectivity index (χ0v) is 16.2. The number of carboxylic acid groups (broad SMARTS) is 1. The molecule has 0 aromatic heterocycles. The van der Waals surface area contributed by atoms with Crippen molar-refractivity contribution in [2.24, 2.45) is 11.0 Å². The number of hydrogen-bond acceptors (Lipinski definition) is 5. The topological polar surface area (TPSA) is 117 Å². The van der Waals surface area contributed by atoms with Gasteiger partial charge in [-0.05, 0) is 35.2 Å². The van der Waals surface area contributed by atoms with Crippen LogP contribution in [0.3, 0.4) is 0 Å². The Morgan fingerprint density at radius 2 is 1.83 bits per heavy atom. The number of nitrogens with one attached hydrogen (secondary N) is 2. The van der Waals surface area contributed by atoms with Gasteiger partial charge in [0, 0.05) is 6.54 Å². The molecular formula is C21H23N3O5. The highest BCUT2D eigenvalue weighted by Crippen LogP contribution is 2.21. The van der Waals surface area contributed by atoms with Crippen LogP contribution in [0.1, 0.15) is 35.3 Å². The van der Waals surface area contributed by atoms with Gasteiger partial charge in [0.2, 0.25) is 0 Å². The third-order valence-corrected chi connectivity index (χ3v) is 3.73. The number of aromatic carboxylic acids is 1. The van der Waals surface area contributed by atoms with Crippen LogP contribution in [0.5, 0.6) is 5.75 Å². The number of benzene rings is 2. The van der Waals surface area contributed by atoms with Gasteiger partial charge in [0.15, 0.2) is 0 Å². The lowest BCUT2D eigenvalue weighted by Crippen LogP contribution is -2.39. The van der Waals surface area contributed by atoms with E-state index in [4.69, 9.17) is 4.74 Å². The Balaban J connectivity index is 2.00. The first-order valence-electron chi connectivity index (χ1n) is 9.02. The first-order chi connectivity index (χ1) is 13.9. The Labute approximate surface area is 168 Å². The molecule has 0 radical (unpaired) electrons. The second-order valence-corrected chi connectivity index (χ2v) is 6.64. The summed E-state index contributed by atoms with van der Waals surface area (Å²) < 4.78 is 5.61. The van der Waals surface area contributed by atoms with E-state index >= 15 is 0 Å². The molecule has 8 heteroatoms. The zero-order valence-electron chi connectivity index (χ0n) is 16.2. The van der Waals surface area contributed by atoms with E-state index < -0.39 is 17.8 Å². The molecule has 0 saturated heterocycles. The van der Waals surface area contributed by atoms with E-state index in [1.165, 1.54) is 18.3 Å². The molecule has 2 amide bonds. The quantitative estimate of drug-likeness (QED) is 0.359. The fourth-order valence-corrected chi connectivity index (χ4v) is 2.25. The predicted octanol–water partition coefficient (Wildman–Crippen LogP) is 2.19. The van der Waals surface area contributed by atoms with E-state index in [9.17, 15) is 19.5 Å². The lowest BCUT2D eigenvalue weighted by molar-refractivity contribution is -0.139. The average molecular weight is 397 g/mol. The van der Waals surface area contributed by atoms with Crippen LogP contribution >= 0.6 is 0 Å². The standard InChI is InChI=1S/C21H23N3O5/c1-14(2)11-22-19(25)20(26)24-23-12-16-8-9-18(17(10-16)21(27)28)29-13-15-6-4-3-5-7-15/h3-10,12,14H,11,13H2,1-2H3,(H,22,25)(H,24,26)(H,27,28)/b23-12-. The van der Waals surface area contributed by atoms with Crippen LogP contribution < -0.4 is 15.5 Å². The minimum absolute atomic E-state index is 0.0362. The minimum Gasteiger partial charge on any atom is -0.488 e. The Morgan fingerprint density at radius 3 is 2.48 bits per heavy atom. The molecule has 2 aromatic carbocycles. The average Bonchev–Trinajstić information content (AvgIpc) is 2.71. The Kier molecular flexibility index (Phi) is 7.90. The maximum atomic E-state index is 11.6. The Bertz CT molecular complexity index is 894. The summed E-state index contributed by atoms with van der Waals surface area (Å²) in [5, 5.41) is 15.6. The predicted molar refractivity (Wildman–Crippen MR) is 108 cm³/mol. The van der Waals surface area contributed by atoms with Crippen molar-refractivity contribution in [3.05, 3.63) is 65.2 Å². The van der Waals surface area contributed by atoms with Gasteiger partial charge in [0.1, 0.15) is 17.9 Å². The number of carbonyl (C=O) groups excluding carboxylic acids is 2. The van der Waals surface area contributed by atoms with Crippen LogP contribution in [0, 0.1) is 5.92 Å². The number of ether oxygens (including phenoxy) is 1. The minimum atomic E-state index is -1.15. The molecule has 0 fully saturated rings. The molecule has 0 aliphatic rings. The van der Waals surface area contributed by atoms with E-state index in [2.05, 4.69) is 15.8 Å². The van der Waals surface area contributed by atoms with Crippen molar-refractivity contribution in [2.75, 3.05) is 6.54 Å². The highest BCUT2D eigenvalue weighted by Gasteiger charge is 2.14. The summed E-state index contributed by atoms with van der Waals surface area (Å²) in [5.41, 5.74) is 3.41. The molecule has 0 atom stereocenters. The number of amides is 2. The van der Waals surface area contributed by atoms with Crippen LogP contribution in [0.15, 0.2) is 53.6 Å². The van der Waals surface area contributed by atoms with Crippen molar-refractivity contribution in [2.45, 2.75) is 20.5 Å². The van der Waals surface area contributed by atoms with Gasteiger partial charge in [-0.3, -0.25) is 9.59 Å². The second-order valence-electron chi connectivity index (χ2n) is 6.64. The smallest absolute Gasteiger partial charge is 0.339 e. The molecule has 0 heterocycles. The van der Waals surface area contributed by atoms with Crippen LogP contribution in [-0.2, 0) is 16.2 Å². The first kappa shape index (κ1) is 21.6. The van der Waals surface area contributed by atoms with Crippen molar-refractivity contribution in [1.29, 1.82) is 0 Å². The SMILES string of the molecule is CC(C)CNC(=O)C(=O)N/N=C\c1ccc(OCc2ccccc2)c(C(=O)O)c1. The van der Waals surface area contributed by atoms with Crippen molar-refractivity contribution in [1.82, 2.24) is 10.7 Å². The van der Waals surface area contributed by atoms with Gasteiger partial charge >= 0.3 is 17.8 Å². The van der Waals surface area contributed by atoms with Gasteiger partial charge in [-0.2, -0.15) is 5.10 Å². The largest absolute Gasteiger partial charge is 0.488 e. The summed E-state index contributed by atoms with van der Waals surface area (Å²) in [6, 6.07) is 13.9. The van der Waals surface area contributed by atoms with Crippen LogP contribution in [0.2, 0.25) is 0 Å². The van der Waals surface area contributed by atoms with Crippen LogP contribution in [0.4, 0.5) is 0 Å².